The first kappa shape index (κ1) is 19.2. The van der Waals surface area contributed by atoms with Crippen LogP contribution in [0.5, 0.6) is 11.5 Å². The summed E-state index contributed by atoms with van der Waals surface area (Å²) in [5.74, 6) is 0.716. The Bertz CT molecular complexity index is 820. The molecule has 0 heterocycles. The molecule has 0 atom stereocenters. The fourth-order valence-electron chi connectivity index (χ4n) is 2.35. The maximum Gasteiger partial charge on any atom is 0.275 e. The molecule has 2 aromatic carbocycles. The highest BCUT2D eigenvalue weighted by atomic mass is 16.5. The van der Waals surface area contributed by atoms with Crippen molar-refractivity contribution >= 4 is 17.9 Å². The third-order valence-corrected chi connectivity index (χ3v) is 3.47. The van der Waals surface area contributed by atoms with Gasteiger partial charge in [0.25, 0.3) is 5.91 Å². The molecule has 0 saturated heterocycles. The molecule has 136 valence electrons. The zero-order valence-corrected chi connectivity index (χ0v) is 15.3. The van der Waals surface area contributed by atoms with Crippen molar-refractivity contribution in [3.05, 3.63) is 65.2 Å². The number of carbonyl (C=O) groups excluding carboxylic acids is 1. The Kier molecular flexibility index (Phi) is 6.52. The summed E-state index contributed by atoms with van der Waals surface area (Å²) < 4.78 is 5.89. The molecule has 4 N–H and O–H groups in total. The predicted octanol–water partition coefficient (Wildman–Crippen LogP) is 2.74. The minimum absolute atomic E-state index is 0.252. The molecule has 0 aliphatic rings. The van der Waals surface area contributed by atoms with E-state index in [9.17, 15) is 4.79 Å². The molecule has 0 bridgehead atoms. The van der Waals surface area contributed by atoms with E-state index >= 15 is 0 Å². The van der Waals surface area contributed by atoms with Crippen molar-refractivity contribution in [2.45, 2.75) is 13.5 Å². The van der Waals surface area contributed by atoms with Gasteiger partial charge < -0.3 is 21.1 Å². The SMILES string of the molecule is C/C(=C\c1cccc(Oc2ccc(CN(C)C)cc2)c1)C(=O)N=C(N)N. The summed E-state index contributed by atoms with van der Waals surface area (Å²) in [6, 6.07) is 15.4. The lowest BCUT2D eigenvalue weighted by atomic mass is 10.1. The van der Waals surface area contributed by atoms with Gasteiger partial charge in [0.05, 0.1) is 0 Å². The molecule has 1 amide bonds. The number of rotatable bonds is 6. The largest absolute Gasteiger partial charge is 0.457 e. The van der Waals surface area contributed by atoms with Gasteiger partial charge in [-0.1, -0.05) is 24.3 Å². The van der Waals surface area contributed by atoms with Crippen molar-refractivity contribution in [2.24, 2.45) is 16.5 Å². The van der Waals surface area contributed by atoms with Gasteiger partial charge in [0.2, 0.25) is 0 Å². The molecule has 6 nitrogen and oxygen atoms in total. The van der Waals surface area contributed by atoms with Crippen molar-refractivity contribution in [3.63, 3.8) is 0 Å². The third-order valence-electron chi connectivity index (χ3n) is 3.47. The lowest BCUT2D eigenvalue weighted by Crippen LogP contribution is -2.24. The highest BCUT2D eigenvalue weighted by molar-refractivity contribution is 6.03. The zero-order valence-electron chi connectivity index (χ0n) is 15.3. The Morgan fingerprint density at radius 2 is 1.81 bits per heavy atom. The Hall–Kier alpha value is -3.12. The van der Waals surface area contributed by atoms with Crippen LogP contribution in [0.25, 0.3) is 6.08 Å². The van der Waals surface area contributed by atoms with Crippen molar-refractivity contribution in [3.8, 4) is 11.5 Å². The number of nitrogens with zero attached hydrogens (tertiary/aromatic N) is 2. The van der Waals surface area contributed by atoms with Gasteiger partial charge in [0, 0.05) is 12.1 Å². The van der Waals surface area contributed by atoms with Crippen LogP contribution in [0.4, 0.5) is 0 Å². The number of amides is 1. The van der Waals surface area contributed by atoms with Crippen LogP contribution in [0.15, 0.2) is 59.1 Å². The first-order valence-corrected chi connectivity index (χ1v) is 8.17. The fraction of sp³-hybridized carbons (Fsp3) is 0.200. The van der Waals surface area contributed by atoms with E-state index in [0.29, 0.717) is 11.3 Å². The van der Waals surface area contributed by atoms with Gasteiger partial charge in [0.15, 0.2) is 5.96 Å². The molecule has 26 heavy (non-hydrogen) atoms. The monoisotopic (exact) mass is 352 g/mol. The standard InChI is InChI=1S/C20H24N4O2/c1-14(19(25)23-20(21)22)11-16-5-4-6-18(12-16)26-17-9-7-15(8-10-17)13-24(2)3/h4-12H,13H2,1-3H3,(H4,21,22,23,25)/b14-11+. The highest BCUT2D eigenvalue weighted by Gasteiger charge is 2.04. The normalized spacial score (nSPS) is 11.3. The molecule has 0 aliphatic heterocycles. The molecular formula is C20H24N4O2. The van der Waals surface area contributed by atoms with Crippen molar-refractivity contribution in [2.75, 3.05) is 14.1 Å². The van der Waals surface area contributed by atoms with E-state index in [1.165, 1.54) is 5.56 Å². The van der Waals surface area contributed by atoms with Crippen LogP contribution < -0.4 is 16.2 Å². The van der Waals surface area contributed by atoms with Crippen molar-refractivity contribution in [1.82, 2.24) is 4.90 Å². The van der Waals surface area contributed by atoms with Crippen LogP contribution in [0, 0.1) is 0 Å². The molecule has 2 rings (SSSR count). The van der Waals surface area contributed by atoms with Gasteiger partial charge >= 0.3 is 0 Å². The first-order chi connectivity index (χ1) is 12.3. The second kappa shape index (κ2) is 8.82. The van der Waals surface area contributed by atoms with E-state index in [4.69, 9.17) is 16.2 Å². The van der Waals surface area contributed by atoms with E-state index < -0.39 is 5.91 Å². The molecule has 0 aliphatic carbocycles. The summed E-state index contributed by atoms with van der Waals surface area (Å²) in [5.41, 5.74) is 12.9. The van der Waals surface area contributed by atoms with Gasteiger partial charge in [-0.15, -0.1) is 0 Å². The lowest BCUT2D eigenvalue weighted by molar-refractivity contribution is -0.114. The summed E-state index contributed by atoms with van der Waals surface area (Å²) in [5, 5.41) is 0. The van der Waals surface area contributed by atoms with E-state index in [2.05, 4.69) is 9.89 Å². The van der Waals surface area contributed by atoms with Gasteiger partial charge in [0.1, 0.15) is 11.5 Å². The number of hydrogen-bond donors (Lipinski definition) is 2. The topological polar surface area (TPSA) is 93.9 Å². The smallest absolute Gasteiger partial charge is 0.275 e. The number of hydrogen-bond acceptors (Lipinski definition) is 3. The average molecular weight is 352 g/mol. The number of nitrogens with two attached hydrogens (primary N) is 2. The van der Waals surface area contributed by atoms with E-state index in [1.54, 1.807) is 13.0 Å². The minimum Gasteiger partial charge on any atom is -0.457 e. The number of aliphatic imine (C=N–C) groups is 1. The van der Waals surface area contributed by atoms with E-state index in [0.717, 1.165) is 17.9 Å². The lowest BCUT2D eigenvalue weighted by Gasteiger charge is -2.11. The quantitative estimate of drug-likeness (QED) is 0.474. The Morgan fingerprint density at radius 3 is 2.42 bits per heavy atom. The van der Waals surface area contributed by atoms with Crippen LogP contribution in [0.3, 0.4) is 0 Å². The zero-order chi connectivity index (χ0) is 19.1. The molecular weight excluding hydrogens is 328 g/mol. The molecule has 0 fully saturated rings. The van der Waals surface area contributed by atoms with E-state index in [-0.39, 0.29) is 5.96 Å². The Labute approximate surface area is 153 Å². The molecule has 0 aromatic heterocycles. The second-order valence-corrected chi connectivity index (χ2v) is 6.23. The van der Waals surface area contributed by atoms with Gasteiger partial charge in [-0.25, -0.2) is 0 Å². The molecule has 0 spiro atoms. The first-order valence-electron chi connectivity index (χ1n) is 8.17. The third kappa shape index (κ3) is 6.07. The van der Waals surface area contributed by atoms with Gasteiger partial charge in [-0.2, -0.15) is 4.99 Å². The summed E-state index contributed by atoms with van der Waals surface area (Å²) in [7, 11) is 4.06. The Morgan fingerprint density at radius 1 is 1.12 bits per heavy atom. The maximum absolute atomic E-state index is 11.8. The molecule has 0 radical (unpaired) electrons. The van der Waals surface area contributed by atoms with Crippen LogP contribution >= 0.6 is 0 Å². The van der Waals surface area contributed by atoms with Crippen LogP contribution in [0.2, 0.25) is 0 Å². The van der Waals surface area contributed by atoms with Crippen LogP contribution in [0.1, 0.15) is 18.1 Å². The summed E-state index contributed by atoms with van der Waals surface area (Å²) in [4.78, 5) is 17.4. The fourth-order valence-corrected chi connectivity index (χ4v) is 2.35. The van der Waals surface area contributed by atoms with Crippen molar-refractivity contribution in [1.29, 1.82) is 0 Å². The average Bonchev–Trinajstić information content (AvgIpc) is 2.56. The molecule has 0 saturated carbocycles. The Balaban J connectivity index is 2.11. The number of ether oxygens (including phenoxy) is 1. The summed E-state index contributed by atoms with van der Waals surface area (Å²) >= 11 is 0. The summed E-state index contributed by atoms with van der Waals surface area (Å²) in [6.07, 6.45) is 1.71. The molecule has 0 unspecified atom stereocenters. The van der Waals surface area contributed by atoms with Gasteiger partial charge in [-0.05, 0) is 62.5 Å². The number of benzene rings is 2. The van der Waals surface area contributed by atoms with Crippen LogP contribution in [-0.2, 0) is 11.3 Å². The van der Waals surface area contributed by atoms with Crippen LogP contribution in [-0.4, -0.2) is 30.9 Å². The van der Waals surface area contributed by atoms with Crippen molar-refractivity contribution < 1.29 is 9.53 Å². The summed E-state index contributed by atoms with van der Waals surface area (Å²) in [6.45, 7) is 2.54. The molecule has 2 aromatic rings. The molecule has 6 heteroatoms. The van der Waals surface area contributed by atoms with E-state index in [1.807, 2.05) is 62.6 Å². The number of carbonyl (C=O) groups is 1. The predicted molar refractivity (Wildman–Crippen MR) is 105 cm³/mol. The highest BCUT2D eigenvalue weighted by Crippen LogP contribution is 2.24. The number of guanidine groups is 1. The second-order valence-electron chi connectivity index (χ2n) is 6.23. The van der Waals surface area contributed by atoms with Gasteiger partial charge in [-0.3, -0.25) is 4.79 Å². The minimum atomic E-state index is -0.465. The maximum atomic E-state index is 11.8.